The minimum absolute atomic E-state index is 0.0947. The average Bonchev–Trinajstić information content (AvgIpc) is 3.34. The first-order valence-corrected chi connectivity index (χ1v) is 31.1. The van der Waals surface area contributed by atoms with E-state index in [9.17, 15) is 14.3 Å². The molecule has 406 valence electrons. The topological polar surface area (TPSA) is 117 Å². The summed E-state index contributed by atoms with van der Waals surface area (Å²) in [4.78, 5) is 22.7. The Morgan fingerprint density at radius 2 is 0.812 bits per heavy atom. The summed E-state index contributed by atoms with van der Waals surface area (Å²) in [6.45, 7) is 4.87. The van der Waals surface area contributed by atoms with Gasteiger partial charge in [0.05, 0.1) is 19.8 Å². The van der Waals surface area contributed by atoms with E-state index < -0.39 is 13.9 Å². The van der Waals surface area contributed by atoms with Crippen LogP contribution in [0.25, 0.3) is 0 Å². The predicted molar refractivity (Wildman–Crippen MR) is 298 cm³/mol. The molecule has 0 spiro atoms. The SMILES string of the molecule is CC/C=C\C/C=C\C/C=C\C/C=C\CCCCCCCCCCCCCCC(=O)OC(COCCCCCCCCCCCCCCCCCCCCCCCCCCC)COP(=O)(O)OCCN. The van der Waals surface area contributed by atoms with E-state index in [2.05, 4.69) is 62.5 Å². The van der Waals surface area contributed by atoms with Crippen molar-refractivity contribution >= 4 is 13.8 Å². The smallest absolute Gasteiger partial charge is 0.457 e. The zero-order valence-electron chi connectivity index (χ0n) is 45.6. The molecule has 0 bridgehead atoms. The van der Waals surface area contributed by atoms with E-state index >= 15 is 0 Å². The Labute approximate surface area is 428 Å². The summed E-state index contributed by atoms with van der Waals surface area (Å²) < 4.78 is 33.7. The van der Waals surface area contributed by atoms with Crippen LogP contribution in [0.3, 0.4) is 0 Å². The van der Waals surface area contributed by atoms with Crippen molar-refractivity contribution in [1.82, 2.24) is 0 Å². The zero-order chi connectivity index (χ0) is 50.1. The van der Waals surface area contributed by atoms with E-state index in [1.807, 2.05) is 0 Å². The van der Waals surface area contributed by atoms with Crippen LogP contribution in [-0.2, 0) is 27.9 Å². The van der Waals surface area contributed by atoms with Crippen LogP contribution >= 0.6 is 7.82 Å². The fourth-order valence-electron chi connectivity index (χ4n) is 8.70. The Bertz CT molecular complexity index is 1210. The third-order valence-electron chi connectivity index (χ3n) is 13.0. The van der Waals surface area contributed by atoms with Crippen LogP contribution in [0.2, 0.25) is 0 Å². The summed E-state index contributed by atoms with van der Waals surface area (Å²) in [6.07, 6.45) is 71.7. The molecule has 0 aliphatic rings. The van der Waals surface area contributed by atoms with Crippen molar-refractivity contribution in [2.75, 3.05) is 33.0 Å². The molecular formula is C60H114NO7P. The molecule has 2 atom stereocenters. The van der Waals surface area contributed by atoms with E-state index in [-0.39, 0.29) is 32.3 Å². The fraction of sp³-hybridized carbons (Fsp3) is 0.850. The molecule has 0 aromatic heterocycles. The highest BCUT2D eigenvalue weighted by Crippen LogP contribution is 2.43. The Kier molecular flexibility index (Phi) is 56.1. The minimum atomic E-state index is -4.29. The molecule has 0 amide bonds. The highest BCUT2D eigenvalue weighted by Gasteiger charge is 2.25. The zero-order valence-corrected chi connectivity index (χ0v) is 46.5. The van der Waals surface area contributed by atoms with Crippen molar-refractivity contribution in [2.45, 2.75) is 296 Å². The summed E-state index contributed by atoms with van der Waals surface area (Å²) in [5.74, 6) is -0.327. The van der Waals surface area contributed by atoms with E-state index in [1.165, 1.54) is 212 Å². The number of ether oxygens (including phenoxy) is 2. The van der Waals surface area contributed by atoms with Crippen LogP contribution < -0.4 is 5.73 Å². The lowest BCUT2D eigenvalue weighted by Gasteiger charge is -2.20. The van der Waals surface area contributed by atoms with Crippen LogP contribution in [0.5, 0.6) is 0 Å². The van der Waals surface area contributed by atoms with Gasteiger partial charge in [0.2, 0.25) is 0 Å². The molecular weight excluding hydrogens is 878 g/mol. The van der Waals surface area contributed by atoms with Crippen LogP contribution in [0.4, 0.5) is 0 Å². The molecule has 0 aliphatic carbocycles. The standard InChI is InChI=1S/C60H114NO7P/c1-3-5-7-9-11-13-15-17-19-21-23-25-27-29-31-33-35-37-39-41-43-45-47-49-51-53-60(62)68-59(58-67-69(63,64)66-56-54-61)57-65-55-52-50-48-46-44-42-40-38-36-34-32-30-28-26-24-22-20-18-16-14-12-10-8-6-4-2/h5,7,11,13,17,19,23,25,59H,3-4,6,8-10,12,14-16,18,20-22,24,26-58,61H2,1-2H3,(H,63,64)/b7-5-,13-11-,19-17-,25-23-. The molecule has 0 rings (SSSR count). The number of allylic oxidation sites excluding steroid dienone is 8. The number of phosphoric acid groups is 1. The van der Waals surface area contributed by atoms with E-state index in [4.69, 9.17) is 24.3 Å². The van der Waals surface area contributed by atoms with E-state index in [1.54, 1.807) is 0 Å². The number of rotatable bonds is 57. The first-order valence-electron chi connectivity index (χ1n) is 29.6. The van der Waals surface area contributed by atoms with Gasteiger partial charge < -0.3 is 20.1 Å². The highest BCUT2D eigenvalue weighted by atomic mass is 31.2. The van der Waals surface area contributed by atoms with Crippen LogP contribution in [-0.4, -0.2) is 49.9 Å². The van der Waals surface area contributed by atoms with Gasteiger partial charge >= 0.3 is 13.8 Å². The average molecular weight is 993 g/mol. The van der Waals surface area contributed by atoms with Crippen LogP contribution in [0.15, 0.2) is 48.6 Å². The number of carbonyl (C=O) groups is 1. The highest BCUT2D eigenvalue weighted by molar-refractivity contribution is 7.47. The molecule has 0 saturated heterocycles. The quantitative estimate of drug-likeness (QED) is 0.0268. The van der Waals surface area contributed by atoms with Crippen molar-refractivity contribution in [1.29, 1.82) is 0 Å². The van der Waals surface area contributed by atoms with Gasteiger partial charge in [-0.1, -0.05) is 281 Å². The molecule has 69 heavy (non-hydrogen) atoms. The number of hydrogen-bond donors (Lipinski definition) is 2. The summed E-state index contributed by atoms with van der Waals surface area (Å²) in [5, 5.41) is 0. The molecule has 0 fully saturated rings. The summed E-state index contributed by atoms with van der Waals surface area (Å²) in [6, 6.07) is 0. The van der Waals surface area contributed by atoms with E-state index in [0.717, 1.165) is 57.8 Å². The first-order chi connectivity index (χ1) is 33.9. The second-order valence-corrected chi connectivity index (χ2v) is 21.3. The van der Waals surface area contributed by atoms with Crippen molar-refractivity contribution in [3.8, 4) is 0 Å². The van der Waals surface area contributed by atoms with E-state index in [0.29, 0.717) is 13.0 Å². The third kappa shape index (κ3) is 57.2. The Morgan fingerprint density at radius 3 is 1.22 bits per heavy atom. The Balaban J connectivity index is 3.84. The third-order valence-corrected chi connectivity index (χ3v) is 14.0. The van der Waals surface area contributed by atoms with Gasteiger partial charge in [0, 0.05) is 19.6 Å². The van der Waals surface area contributed by atoms with Gasteiger partial charge in [-0.25, -0.2) is 4.57 Å². The molecule has 0 heterocycles. The van der Waals surface area contributed by atoms with Crippen molar-refractivity contribution < 1.29 is 32.8 Å². The lowest BCUT2D eigenvalue weighted by molar-refractivity contribution is -0.154. The fourth-order valence-corrected chi connectivity index (χ4v) is 9.46. The summed E-state index contributed by atoms with van der Waals surface area (Å²) in [5.41, 5.74) is 5.41. The number of carbonyl (C=O) groups excluding carboxylic acids is 1. The maximum absolute atomic E-state index is 12.7. The maximum atomic E-state index is 12.7. The monoisotopic (exact) mass is 992 g/mol. The normalized spacial score (nSPS) is 13.5. The molecule has 0 radical (unpaired) electrons. The number of unbranched alkanes of at least 4 members (excludes halogenated alkanes) is 36. The Hall–Kier alpha value is -1.54. The molecule has 0 saturated carbocycles. The maximum Gasteiger partial charge on any atom is 0.472 e. The molecule has 9 heteroatoms. The van der Waals surface area contributed by atoms with Crippen molar-refractivity contribution in [3.63, 3.8) is 0 Å². The van der Waals surface area contributed by atoms with Gasteiger partial charge in [-0.3, -0.25) is 13.8 Å². The number of esters is 1. The minimum Gasteiger partial charge on any atom is -0.457 e. The predicted octanol–water partition coefficient (Wildman–Crippen LogP) is 19.0. The number of phosphoric ester groups is 1. The number of nitrogens with two attached hydrogens (primary N) is 1. The lowest BCUT2D eigenvalue weighted by Crippen LogP contribution is -2.28. The molecule has 0 aliphatic heterocycles. The van der Waals surface area contributed by atoms with Gasteiger partial charge in [-0.05, 0) is 51.4 Å². The second-order valence-electron chi connectivity index (χ2n) is 19.8. The summed E-state index contributed by atoms with van der Waals surface area (Å²) in [7, 11) is -4.29. The molecule has 0 aromatic rings. The second kappa shape index (κ2) is 57.4. The van der Waals surface area contributed by atoms with Gasteiger partial charge in [-0.2, -0.15) is 0 Å². The van der Waals surface area contributed by atoms with Gasteiger partial charge in [-0.15, -0.1) is 0 Å². The largest absolute Gasteiger partial charge is 0.472 e. The Morgan fingerprint density at radius 1 is 0.449 bits per heavy atom. The first kappa shape index (κ1) is 67.5. The molecule has 2 unspecified atom stereocenters. The molecule has 8 nitrogen and oxygen atoms in total. The molecule has 0 aromatic carbocycles. The summed E-state index contributed by atoms with van der Waals surface area (Å²) >= 11 is 0. The van der Waals surface area contributed by atoms with Gasteiger partial charge in [0.1, 0.15) is 6.10 Å². The molecule has 3 N–H and O–H groups in total. The van der Waals surface area contributed by atoms with Gasteiger partial charge in [0.15, 0.2) is 0 Å². The van der Waals surface area contributed by atoms with Gasteiger partial charge in [0.25, 0.3) is 0 Å². The number of hydrogen-bond acceptors (Lipinski definition) is 7. The lowest BCUT2D eigenvalue weighted by atomic mass is 10.0. The van der Waals surface area contributed by atoms with Crippen LogP contribution in [0.1, 0.15) is 290 Å². The van der Waals surface area contributed by atoms with Crippen molar-refractivity contribution in [2.24, 2.45) is 5.73 Å². The van der Waals surface area contributed by atoms with Crippen molar-refractivity contribution in [3.05, 3.63) is 48.6 Å². The van der Waals surface area contributed by atoms with Crippen LogP contribution in [0, 0.1) is 0 Å².